The van der Waals surface area contributed by atoms with Crippen LogP contribution in [0.2, 0.25) is 0 Å². The van der Waals surface area contributed by atoms with E-state index in [4.69, 9.17) is 5.11 Å². The Labute approximate surface area is 79.5 Å². The van der Waals surface area contributed by atoms with Crippen molar-refractivity contribution in [2.75, 3.05) is 0 Å². The average Bonchev–Trinajstić information content (AvgIpc) is 2.04. The van der Waals surface area contributed by atoms with Crippen molar-refractivity contribution >= 4 is 5.91 Å². The molecule has 0 aromatic rings. The predicted octanol–water partition coefficient (Wildman–Crippen LogP) is 1.21. The number of amides is 1. The molecule has 1 saturated carbocycles. The average molecular weight is 185 g/mol. The molecule has 3 heteroatoms. The van der Waals surface area contributed by atoms with Crippen LogP contribution in [-0.2, 0) is 4.79 Å². The molecule has 0 aliphatic heterocycles. The van der Waals surface area contributed by atoms with Crippen LogP contribution < -0.4 is 5.32 Å². The van der Waals surface area contributed by atoms with Gasteiger partial charge < -0.3 is 10.4 Å². The summed E-state index contributed by atoms with van der Waals surface area (Å²) in [4.78, 5) is 11.3. The van der Waals surface area contributed by atoms with Crippen molar-refractivity contribution in [3.8, 4) is 0 Å². The maximum absolute atomic E-state index is 11.3. The van der Waals surface area contributed by atoms with E-state index in [1.54, 1.807) is 6.92 Å². The molecule has 0 unspecified atom stereocenters. The summed E-state index contributed by atoms with van der Waals surface area (Å²) in [5, 5.41) is 11.9. The van der Waals surface area contributed by atoms with Crippen LogP contribution in [0.1, 0.15) is 45.4 Å². The fraction of sp³-hybridized carbons (Fsp3) is 0.900. The van der Waals surface area contributed by atoms with Crippen molar-refractivity contribution in [3.63, 3.8) is 0 Å². The van der Waals surface area contributed by atoms with Gasteiger partial charge in [0.05, 0.1) is 12.5 Å². The van der Waals surface area contributed by atoms with Crippen molar-refractivity contribution in [2.24, 2.45) is 0 Å². The van der Waals surface area contributed by atoms with Gasteiger partial charge in [-0.3, -0.25) is 4.79 Å². The molecule has 1 amide bonds. The van der Waals surface area contributed by atoms with Gasteiger partial charge >= 0.3 is 0 Å². The maximum Gasteiger partial charge on any atom is 0.222 e. The SMILES string of the molecule is C[C@H](O)CC(=O)NC1CCCCC1. The number of carbonyl (C=O) groups excluding carboxylic acids is 1. The van der Waals surface area contributed by atoms with Crippen LogP contribution in [0.25, 0.3) is 0 Å². The largest absolute Gasteiger partial charge is 0.393 e. The second-order valence-corrected chi connectivity index (χ2v) is 3.96. The van der Waals surface area contributed by atoms with Gasteiger partial charge in [-0.1, -0.05) is 19.3 Å². The highest BCUT2D eigenvalue weighted by molar-refractivity contribution is 5.76. The van der Waals surface area contributed by atoms with E-state index >= 15 is 0 Å². The van der Waals surface area contributed by atoms with Crippen LogP contribution in [-0.4, -0.2) is 23.2 Å². The lowest BCUT2D eigenvalue weighted by Crippen LogP contribution is -2.37. The summed E-state index contributed by atoms with van der Waals surface area (Å²) in [5.41, 5.74) is 0. The van der Waals surface area contributed by atoms with Gasteiger partial charge in [0.25, 0.3) is 0 Å². The zero-order chi connectivity index (χ0) is 9.68. The Kier molecular flexibility index (Phi) is 4.22. The lowest BCUT2D eigenvalue weighted by Gasteiger charge is -2.22. The lowest BCUT2D eigenvalue weighted by molar-refractivity contribution is -0.123. The summed E-state index contributed by atoms with van der Waals surface area (Å²) in [5.74, 6) is -0.0121. The molecule has 0 aromatic heterocycles. The van der Waals surface area contributed by atoms with Gasteiger partial charge in [0.1, 0.15) is 0 Å². The first-order chi connectivity index (χ1) is 6.18. The molecule has 0 bridgehead atoms. The fourth-order valence-electron chi connectivity index (χ4n) is 1.80. The summed E-state index contributed by atoms with van der Waals surface area (Å²) >= 11 is 0. The zero-order valence-electron chi connectivity index (χ0n) is 8.25. The van der Waals surface area contributed by atoms with Crippen LogP contribution >= 0.6 is 0 Å². The highest BCUT2D eigenvalue weighted by atomic mass is 16.3. The summed E-state index contributed by atoms with van der Waals surface area (Å²) < 4.78 is 0. The Bertz CT molecular complexity index is 162. The van der Waals surface area contributed by atoms with Crippen LogP contribution in [0.4, 0.5) is 0 Å². The van der Waals surface area contributed by atoms with Crippen molar-refractivity contribution in [3.05, 3.63) is 0 Å². The quantitative estimate of drug-likeness (QED) is 0.694. The molecule has 1 atom stereocenters. The Balaban J connectivity index is 2.18. The third-order valence-electron chi connectivity index (χ3n) is 2.45. The molecule has 0 heterocycles. The second-order valence-electron chi connectivity index (χ2n) is 3.96. The molecule has 1 fully saturated rings. The number of nitrogens with one attached hydrogen (secondary N) is 1. The van der Waals surface area contributed by atoms with Crippen molar-refractivity contribution < 1.29 is 9.90 Å². The minimum Gasteiger partial charge on any atom is -0.393 e. The Morgan fingerprint density at radius 2 is 2.08 bits per heavy atom. The number of hydrogen-bond donors (Lipinski definition) is 2. The molecule has 13 heavy (non-hydrogen) atoms. The second kappa shape index (κ2) is 5.22. The van der Waals surface area contributed by atoms with Crippen molar-refractivity contribution in [1.29, 1.82) is 0 Å². The number of aliphatic hydroxyl groups excluding tert-OH is 1. The number of hydrogen-bond acceptors (Lipinski definition) is 2. The number of aliphatic hydroxyl groups is 1. The molecule has 0 saturated heterocycles. The van der Waals surface area contributed by atoms with E-state index in [1.165, 1.54) is 19.3 Å². The normalized spacial score (nSPS) is 21.1. The van der Waals surface area contributed by atoms with E-state index in [0.717, 1.165) is 12.8 Å². The molecule has 1 rings (SSSR count). The first-order valence-corrected chi connectivity index (χ1v) is 5.16. The molecule has 1 aliphatic rings. The first-order valence-electron chi connectivity index (χ1n) is 5.16. The van der Waals surface area contributed by atoms with Gasteiger partial charge in [-0.15, -0.1) is 0 Å². The minimum absolute atomic E-state index is 0.0121. The van der Waals surface area contributed by atoms with Gasteiger partial charge in [-0.2, -0.15) is 0 Å². The van der Waals surface area contributed by atoms with E-state index in [-0.39, 0.29) is 12.3 Å². The van der Waals surface area contributed by atoms with E-state index in [0.29, 0.717) is 6.04 Å². The minimum atomic E-state index is -0.524. The van der Waals surface area contributed by atoms with Gasteiger partial charge in [-0.25, -0.2) is 0 Å². The summed E-state index contributed by atoms with van der Waals surface area (Å²) in [6, 6.07) is 0.361. The van der Waals surface area contributed by atoms with Crippen LogP contribution in [0, 0.1) is 0 Å². The summed E-state index contributed by atoms with van der Waals surface area (Å²) in [7, 11) is 0. The predicted molar refractivity (Wildman–Crippen MR) is 51.3 cm³/mol. The molecular weight excluding hydrogens is 166 g/mol. The molecule has 0 aromatic carbocycles. The number of rotatable bonds is 3. The van der Waals surface area contributed by atoms with Gasteiger partial charge in [-0.05, 0) is 19.8 Å². The fourth-order valence-corrected chi connectivity index (χ4v) is 1.80. The molecule has 3 nitrogen and oxygen atoms in total. The van der Waals surface area contributed by atoms with Gasteiger partial charge in [0.2, 0.25) is 5.91 Å². The van der Waals surface area contributed by atoms with Gasteiger partial charge in [0.15, 0.2) is 0 Å². The smallest absolute Gasteiger partial charge is 0.222 e. The molecule has 2 N–H and O–H groups in total. The monoisotopic (exact) mass is 185 g/mol. The lowest BCUT2D eigenvalue weighted by atomic mass is 9.95. The summed E-state index contributed by atoms with van der Waals surface area (Å²) in [6.45, 7) is 1.64. The maximum atomic E-state index is 11.3. The summed E-state index contributed by atoms with van der Waals surface area (Å²) in [6.07, 6.45) is 5.65. The van der Waals surface area contributed by atoms with E-state index in [1.807, 2.05) is 0 Å². The molecular formula is C10H19NO2. The highest BCUT2D eigenvalue weighted by Crippen LogP contribution is 2.17. The van der Waals surface area contributed by atoms with E-state index in [2.05, 4.69) is 5.32 Å². The van der Waals surface area contributed by atoms with Crippen molar-refractivity contribution in [1.82, 2.24) is 5.32 Å². The van der Waals surface area contributed by atoms with Crippen molar-refractivity contribution in [2.45, 2.75) is 57.6 Å². The molecule has 0 spiro atoms. The van der Waals surface area contributed by atoms with E-state index in [9.17, 15) is 4.79 Å². The topological polar surface area (TPSA) is 49.3 Å². The van der Waals surface area contributed by atoms with Gasteiger partial charge in [0, 0.05) is 6.04 Å². The third-order valence-corrected chi connectivity index (χ3v) is 2.45. The Morgan fingerprint density at radius 1 is 1.46 bits per heavy atom. The molecule has 1 aliphatic carbocycles. The zero-order valence-corrected chi connectivity index (χ0v) is 8.25. The standard InChI is InChI=1S/C10H19NO2/c1-8(12)7-10(13)11-9-5-3-2-4-6-9/h8-9,12H,2-7H2,1H3,(H,11,13)/t8-/m0/s1. The third kappa shape index (κ3) is 4.27. The van der Waals surface area contributed by atoms with Crippen LogP contribution in [0.5, 0.6) is 0 Å². The Morgan fingerprint density at radius 3 is 2.62 bits per heavy atom. The van der Waals surface area contributed by atoms with Crippen LogP contribution in [0.15, 0.2) is 0 Å². The van der Waals surface area contributed by atoms with E-state index < -0.39 is 6.10 Å². The Hall–Kier alpha value is -0.570. The number of carbonyl (C=O) groups is 1. The highest BCUT2D eigenvalue weighted by Gasteiger charge is 2.16. The molecule has 76 valence electrons. The molecule has 0 radical (unpaired) electrons. The van der Waals surface area contributed by atoms with Crippen LogP contribution in [0.3, 0.4) is 0 Å². The first kappa shape index (κ1) is 10.5.